The number of fused-ring (bicyclic) bond motifs is 2. The monoisotopic (exact) mass is 362 g/mol. The lowest BCUT2D eigenvalue weighted by Gasteiger charge is -2.27. The van der Waals surface area contributed by atoms with Crippen molar-refractivity contribution in [1.29, 1.82) is 0 Å². The van der Waals surface area contributed by atoms with Crippen molar-refractivity contribution < 1.29 is 4.74 Å². The molecule has 5 heteroatoms. The zero-order valence-corrected chi connectivity index (χ0v) is 15.9. The van der Waals surface area contributed by atoms with Gasteiger partial charge in [-0.3, -0.25) is 14.9 Å². The van der Waals surface area contributed by atoms with E-state index < -0.39 is 0 Å². The average molecular weight is 362 g/mol. The highest BCUT2D eigenvalue weighted by molar-refractivity contribution is 5.81. The number of hydrogen-bond acceptors (Lipinski definition) is 4. The van der Waals surface area contributed by atoms with E-state index in [9.17, 15) is 0 Å². The topological polar surface area (TPSA) is 44.4 Å². The Hall–Kier alpha value is -2.37. The van der Waals surface area contributed by atoms with Crippen molar-refractivity contribution in [3.63, 3.8) is 0 Å². The number of nitrogens with zero attached hydrogens (tertiary/aromatic N) is 3. The van der Waals surface area contributed by atoms with Crippen molar-refractivity contribution in [3.8, 4) is 5.75 Å². The van der Waals surface area contributed by atoms with Crippen LogP contribution in [0, 0.1) is 11.8 Å². The van der Waals surface area contributed by atoms with Gasteiger partial charge in [-0.15, -0.1) is 0 Å². The Labute approximate surface area is 159 Å². The standard InChI is InChI=1S/C22H26N4O/c1-25-11-16-12-26(14-21-18-5-3-4-6-20(18)23-24-21)13-19(16)22(25)15-7-9-17(27-2)10-8-15/h3-10,16,19,22H,11-14H2,1-2H3,(H,23,24)/t16-,19+,22+/m0/s1. The molecule has 2 aliphatic heterocycles. The molecule has 2 aliphatic rings. The molecule has 5 nitrogen and oxygen atoms in total. The number of aromatic amines is 1. The van der Waals surface area contributed by atoms with Crippen molar-refractivity contribution in [3.05, 3.63) is 59.8 Å². The van der Waals surface area contributed by atoms with Gasteiger partial charge in [-0.1, -0.05) is 30.3 Å². The number of nitrogens with one attached hydrogen (secondary N) is 1. The molecule has 0 saturated carbocycles. The quantitative estimate of drug-likeness (QED) is 0.773. The van der Waals surface area contributed by atoms with Crippen molar-refractivity contribution in [2.45, 2.75) is 12.6 Å². The predicted octanol–water partition coefficient (Wildman–Crippen LogP) is 3.31. The third-order valence-corrected chi connectivity index (χ3v) is 6.35. The summed E-state index contributed by atoms with van der Waals surface area (Å²) in [5, 5.41) is 8.96. The van der Waals surface area contributed by atoms with Crippen molar-refractivity contribution in [2.24, 2.45) is 11.8 Å². The van der Waals surface area contributed by atoms with Gasteiger partial charge in [-0.25, -0.2) is 0 Å². The first-order valence-corrected chi connectivity index (χ1v) is 9.71. The fourth-order valence-electron chi connectivity index (χ4n) is 5.14. The molecule has 3 heterocycles. The molecule has 0 aliphatic carbocycles. The zero-order chi connectivity index (χ0) is 18.4. The van der Waals surface area contributed by atoms with Crippen LogP contribution < -0.4 is 4.74 Å². The van der Waals surface area contributed by atoms with E-state index in [1.807, 2.05) is 6.07 Å². The third kappa shape index (κ3) is 2.91. The second-order valence-electron chi connectivity index (χ2n) is 7.99. The number of H-pyrrole nitrogens is 1. The maximum absolute atomic E-state index is 5.32. The van der Waals surface area contributed by atoms with Crippen molar-refractivity contribution in [1.82, 2.24) is 20.0 Å². The largest absolute Gasteiger partial charge is 0.497 e. The van der Waals surface area contributed by atoms with Gasteiger partial charge < -0.3 is 4.74 Å². The zero-order valence-electron chi connectivity index (χ0n) is 15.9. The van der Waals surface area contributed by atoms with Crippen LogP contribution in [0.5, 0.6) is 5.75 Å². The van der Waals surface area contributed by atoms with E-state index in [1.54, 1.807) is 7.11 Å². The van der Waals surface area contributed by atoms with E-state index in [0.29, 0.717) is 12.0 Å². The molecule has 1 aromatic heterocycles. The summed E-state index contributed by atoms with van der Waals surface area (Å²) in [6.07, 6.45) is 0. The summed E-state index contributed by atoms with van der Waals surface area (Å²) in [6.45, 7) is 4.42. The van der Waals surface area contributed by atoms with E-state index >= 15 is 0 Å². The number of para-hydroxylation sites is 1. The molecule has 27 heavy (non-hydrogen) atoms. The van der Waals surface area contributed by atoms with E-state index in [0.717, 1.165) is 36.8 Å². The van der Waals surface area contributed by atoms with Gasteiger partial charge in [0.05, 0.1) is 18.3 Å². The van der Waals surface area contributed by atoms with Crippen LogP contribution >= 0.6 is 0 Å². The maximum Gasteiger partial charge on any atom is 0.118 e. The highest BCUT2D eigenvalue weighted by Crippen LogP contribution is 2.44. The SMILES string of the molecule is COc1ccc([C@@H]2[C@@H]3CN(Cc4[nH]nc5ccccc45)C[C@@H]3CN2C)cc1. The van der Waals surface area contributed by atoms with Gasteiger partial charge in [0, 0.05) is 37.6 Å². The molecule has 0 spiro atoms. The minimum Gasteiger partial charge on any atom is -0.497 e. The van der Waals surface area contributed by atoms with Gasteiger partial charge in [0.15, 0.2) is 0 Å². The molecule has 0 bridgehead atoms. The molecule has 2 saturated heterocycles. The number of methoxy groups -OCH3 is 1. The molecule has 0 amide bonds. The smallest absolute Gasteiger partial charge is 0.118 e. The molecular weight excluding hydrogens is 336 g/mol. The Kier molecular flexibility index (Phi) is 4.14. The molecule has 5 rings (SSSR count). The normalized spacial score (nSPS) is 25.9. The highest BCUT2D eigenvalue weighted by atomic mass is 16.5. The van der Waals surface area contributed by atoms with Gasteiger partial charge >= 0.3 is 0 Å². The third-order valence-electron chi connectivity index (χ3n) is 6.35. The van der Waals surface area contributed by atoms with Crippen LogP contribution in [-0.4, -0.2) is 53.8 Å². The van der Waals surface area contributed by atoms with E-state index in [4.69, 9.17) is 4.74 Å². The first-order valence-electron chi connectivity index (χ1n) is 9.71. The predicted molar refractivity (Wildman–Crippen MR) is 107 cm³/mol. The molecular formula is C22H26N4O. The number of rotatable bonds is 4. The second-order valence-corrected chi connectivity index (χ2v) is 7.99. The van der Waals surface area contributed by atoms with E-state index in [2.05, 4.69) is 69.5 Å². The fourth-order valence-corrected chi connectivity index (χ4v) is 5.14. The average Bonchev–Trinajstić information content (AvgIpc) is 3.35. The lowest BCUT2D eigenvalue weighted by molar-refractivity contribution is 0.223. The lowest BCUT2D eigenvalue weighted by atomic mass is 9.89. The minimum atomic E-state index is 0.490. The van der Waals surface area contributed by atoms with Gasteiger partial charge in [0.1, 0.15) is 5.75 Å². The van der Waals surface area contributed by atoms with Crippen LogP contribution in [0.3, 0.4) is 0 Å². The van der Waals surface area contributed by atoms with Crippen LogP contribution in [0.15, 0.2) is 48.5 Å². The first kappa shape index (κ1) is 16.8. The summed E-state index contributed by atoms with van der Waals surface area (Å²) < 4.78 is 5.32. The van der Waals surface area contributed by atoms with Crippen molar-refractivity contribution >= 4 is 10.9 Å². The molecule has 2 fully saturated rings. The van der Waals surface area contributed by atoms with Crippen LogP contribution in [0.4, 0.5) is 0 Å². The Morgan fingerprint density at radius 2 is 1.89 bits per heavy atom. The van der Waals surface area contributed by atoms with Crippen molar-refractivity contribution in [2.75, 3.05) is 33.8 Å². The van der Waals surface area contributed by atoms with Crippen LogP contribution in [0.1, 0.15) is 17.3 Å². The van der Waals surface area contributed by atoms with E-state index in [1.165, 1.54) is 23.2 Å². The van der Waals surface area contributed by atoms with Crippen LogP contribution in [0.2, 0.25) is 0 Å². The highest BCUT2D eigenvalue weighted by Gasteiger charge is 2.46. The molecule has 0 radical (unpaired) electrons. The molecule has 3 aromatic rings. The summed E-state index contributed by atoms with van der Waals surface area (Å²) in [6, 6.07) is 17.5. The summed E-state index contributed by atoms with van der Waals surface area (Å²) >= 11 is 0. The fraction of sp³-hybridized carbons (Fsp3) is 0.409. The number of likely N-dealkylation sites (tertiary alicyclic amines) is 2. The van der Waals surface area contributed by atoms with Gasteiger partial charge in [-0.2, -0.15) is 5.10 Å². The minimum absolute atomic E-state index is 0.490. The Balaban J connectivity index is 1.34. The maximum atomic E-state index is 5.32. The molecule has 3 atom stereocenters. The van der Waals surface area contributed by atoms with Crippen LogP contribution in [0.25, 0.3) is 10.9 Å². The van der Waals surface area contributed by atoms with Crippen LogP contribution in [-0.2, 0) is 6.54 Å². The lowest BCUT2D eigenvalue weighted by Crippen LogP contribution is -2.29. The van der Waals surface area contributed by atoms with E-state index in [-0.39, 0.29) is 0 Å². The number of ether oxygens (including phenoxy) is 1. The number of hydrogen-bond donors (Lipinski definition) is 1. The molecule has 1 N–H and O–H groups in total. The van der Waals surface area contributed by atoms with Gasteiger partial charge in [0.2, 0.25) is 0 Å². The Morgan fingerprint density at radius 3 is 2.70 bits per heavy atom. The molecule has 140 valence electrons. The summed E-state index contributed by atoms with van der Waals surface area (Å²) in [5.74, 6) is 2.34. The van der Waals surface area contributed by atoms with Gasteiger partial charge in [0.25, 0.3) is 0 Å². The summed E-state index contributed by atoms with van der Waals surface area (Å²) in [5.41, 5.74) is 3.70. The molecule has 0 unspecified atom stereocenters. The second kappa shape index (κ2) is 6.66. The molecule has 2 aromatic carbocycles. The van der Waals surface area contributed by atoms with Gasteiger partial charge in [-0.05, 0) is 42.6 Å². The first-order chi connectivity index (χ1) is 13.2. The Morgan fingerprint density at radius 1 is 1.07 bits per heavy atom. The Bertz CT molecular complexity index is 935. The number of benzene rings is 2. The summed E-state index contributed by atoms with van der Waals surface area (Å²) in [4.78, 5) is 5.12. The summed E-state index contributed by atoms with van der Waals surface area (Å²) in [7, 11) is 3.99. The number of aromatic nitrogens is 2.